The van der Waals surface area contributed by atoms with E-state index in [-0.39, 0.29) is 11.7 Å². The number of hydrogen-bond acceptors (Lipinski definition) is 4. The molecule has 1 saturated heterocycles. The van der Waals surface area contributed by atoms with E-state index in [9.17, 15) is 9.18 Å². The summed E-state index contributed by atoms with van der Waals surface area (Å²) < 4.78 is 13.7. The Labute approximate surface area is 190 Å². The van der Waals surface area contributed by atoms with E-state index in [1.54, 1.807) is 12.3 Å². The number of nitrogens with one attached hydrogen (secondary N) is 1. The topological polar surface area (TPSA) is 52.2 Å². The molecule has 7 heteroatoms. The molecule has 1 aliphatic heterocycles. The van der Waals surface area contributed by atoms with Crippen molar-refractivity contribution >= 4 is 34.4 Å². The first-order valence-electron chi connectivity index (χ1n) is 10.6. The van der Waals surface area contributed by atoms with E-state index in [4.69, 9.17) is 0 Å². The number of piperazine rings is 1. The zero-order valence-electron chi connectivity index (χ0n) is 17.5. The first kappa shape index (κ1) is 20.6. The van der Waals surface area contributed by atoms with Crippen LogP contribution in [-0.2, 0) is 11.2 Å². The molecule has 0 aliphatic carbocycles. The average Bonchev–Trinajstić information content (AvgIpc) is 3.16. The Balaban J connectivity index is 1.34. The van der Waals surface area contributed by atoms with Gasteiger partial charge in [0.25, 0.3) is 0 Å². The summed E-state index contributed by atoms with van der Waals surface area (Å²) in [4.78, 5) is 26.0. The van der Waals surface area contributed by atoms with Crippen LogP contribution in [0, 0.1) is 5.82 Å². The molecule has 162 valence electrons. The van der Waals surface area contributed by atoms with Gasteiger partial charge in [0, 0.05) is 53.7 Å². The number of nitrogens with zero attached hydrogens (tertiary/aromatic N) is 3. The third kappa shape index (κ3) is 4.34. The summed E-state index contributed by atoms with van der Waals surface area (Å²) in [6, 6.07) is 20.4. The normalized spacial score (nSPS) is 14.2. The number of fused-ring (bicyclic) bond motifs is 1. The van der Waals surface area contributed by atoms with Gasteiger partial charge in [0.1, 0.15) is 11.6 Å². The van der Waals surface area contributed by atoms with Gasteiger partial charge in [0.2, 0.25) is 5.91 Å². The largest absolute Gasteiger partial charge is 0.353 e. The minimum atomic E-state index is -0.269. The van der Waals surface area contributed by atoms with Crippen molar-refractivity contribution in [3.8, 4) is 0 Å². The number of amides is 1. The molecule has 0 atom stereocenters. The molecule has 1 fully saturated rings. The lowest BCUT2D eigenvalue weighted by Gasteiger charge is -2.35. The second kappa shape index (κ2) is 9.04. The molecule has 0 spiro atoms. The van der Waals surface area contributed by atoms with Crippen molar-refractivity contribution < 1.29 is 9.18 Å². The Kier molecular flexibility index (Phi) is 5.81. The molecule has 0 bridgehead atoms. The Morgan fingerprint density at radius 2 is 1.81 bits per heavy atom. The van der Waals surface area contributed by atoms with Crippen molar-refractivity contribution in [2.45, 2.75) is 16.3 Å². The van der Waals surface area contributed by atoms with E-state index in [0.29, 0.717) is 19.5 Å². The molecule has 0 saturated carbocycles. The second-order valence-electron chi connectivity index (χ2n) is 7.77. The van der Waals surface area contributed by atoms with Crippen molar-refractivity contribution in [1.29, 1.82) is 0 Å². The van der Waals surface area contributed by atoms with Crippen molar-refractivity contribution in [2.24, 2.45) is 0 Å². The monoisotopic (exact) mass is 446 g/mol. The highest BCUT2D eigenvalue weighted by Crippen LogP contribution is 2.35. The fourth-order valence-corrected chi connectivity index (χ4v) is 5.10. The predicted octanol–water partition coefficient (Wildman–Crippen LogP) is 4.74. The molecular formula is C25H23FN4OS. The number of halogens is 1. The van der Waals surface area contributed by atoms with E-state index in [1.807, 2.05) is 53.4 Å². The minimum absolute atomic E-state index is 0.108. The quantitative estimate of drug-likeness (QED) is 0.481. The van der Waals surface area contributed by atoms with Crippen LogP contribution in [0.4, 0.5) is 10.2 Å². The van der Waals surface area contributed by atoms with Gasteiger partial charge in [-0.15, -0.1) is 0 Å². The summed E-state index contributed by atoms with van der Waals surface area (Å²) in [5, 5.41) is 1.92. The van der Waals surface area contributed by atoms with Gasteiger partial charge in [-0.25, -0.2) is 9.37 Å². The molecule has 1 N–H and O–H groups in total. The van der Waals surface area contributed by atoms with Crippen LogP contribution in [0.25, 0.3) is 10.9 Å². The van der Waals surface area contributed by atoms with E-state index in [0.717, 1.165) is 45.3 Å². The summed E-state index contributed by atoms with van der Waals surface area (Å²) in [7, 11) is 0. The number of pyridine rings is 1. The number of H-pyrrole nitrogens is 1. The SMILES string of the molecule is O=C(Cc1c(Sc2cccc(F)c2)[nH]c2ccccc12)N1CCN(c2ccccn2)CC1. The molecule has 32 heavy (non-hydrogen) atoms. The summed E-state index contributed by atoms with van der Waals surface area (Å²) in [6.45, 7) is 2.87. The number of rotatable bonds is 5. The van der Waals surface area contributed by atoms with Crippen molar-refractivity contribution in [3.63, 3.8) is 0 Å². The van der Waals surface area contributed by atoms with E-state index in [2.05, 4.69) is 14.9 Å². The molecule has 1 amide bonds. The molecule has 3 heterocycles. The van der Waals surface area contributed by atoms with E-state index in [1.165, 1.54) is 23.9 Å². The molecule has 5 rings (SSSR count). The molecule has 2 aromatic heterocycles. The zero-order valence-corrected chi connectivity index (χ0v) is 18.3. The first-order valence-corrected chi connectivity index (χ1v) is 11.5. The van der Waals surface area contributed by atoms with Crippen LogP contribution in [0.1, 0.15) is 5.56 Å². The third-order valence-corrected chi connectivity index (χ3v) is 6.77. The summed E-state index contributed by atoms with van der Waals surface area (Å²) in [5.41, 5.74) is 1.95. The first-order chi connectivity index (χ1) is 15.7. The molecule has 1 aliphatic rings. The van der Waals surface area contributed by atoms with Crippen LogP contribution in [0.2, 0.25) is 0 Å². The van der Waals surface area contributed by atoms with Crippen LogP contribution in [0.15, 0.2) is 82.8 Å². The molecule has 0 radical (unpaired) electrons. The molecular weight excluding hydrogens is 423 g/mol. The summed E-state index contributed by atoms with van der Waals surface area (Å²) in [5.74, 6) is 0.788. The fraction of sp³-hybridized carbons (Fsp3) is 0.200. The third-order valence-electron chi connectivity index (χ3n) is 5.72. The van der Waals surface area contributed by atoms with Gasteiger partial charge in [-0.1, -0.05) is 42.1 Å². The van der Waals surface area contributed by atoms with Crippen molar-refractivity contribution in [2.75, 3.05) is 31.1 Å². The number of aromatic nitrogens is 2. The van der Waals surface area contributed by atoms with Crippen LogP contribution in [0.5, 0.6) is 0 Å². The van der Waals surface area contributed by atoms with E-state index < -0.39 is 0 Å². The number of carbonyl (C=O) groups excluding carboxylic acids is 1. The van der Waals surface area contributed by atoms with Gasteiger partial charge in [0.05, 0.1) is 11.4 Å². The Bertz CT molecular complexity index is 1240. The lowest BCUT2D eigenvalue weighted by Crippen LogP contribution is -2.49. The zero-order chi connectivity index (χ0) is 21.9. The maximum absolute atomic E-state index is 13.7. The van der Waals surface area contributed by atoms with Gasteiger partial charge in [-0.2, -0.15) is 0 Å². The summed E-state index contributed by atoms with van der Waals surface area (Å²) >= 11 is 1.46. The second-order valence-corrected chi connectivity index (χ2v) is 8.85. The highest BCUT2D eigenvalue weighted by Gasteiger charge is 2.24. The Hall–Kier alpha value is -3.32. The van der Waals surface area contributed by atoms with Crippen molar-refractivity contribution in [1.82, 2.24) is 14.9 Å². The number of hydrogen-bond donors (Lipinski definition) is 1. The maximum Gasteiger partial charge on any atom is 0.227 e. The minimum Gasteiger partial charge on any atom is -0.353 e. The van der Waals surface area contributed by atoms with Gasteiger partial charge >= 0.3 is 0 Å². The number of anilines is 1. The Morgan fingerprint density at radius 1 is 1.00 bits per heavy atom. The van der Waals surface area contributed by atoms with Crippen LogP contribution in [0.3, 0.4) is 0 Å². The Morgan fingerprint density at radius 3 is 2.59 bits per heavy atom. The number of benzene rings is 2. The van der Waals surface area contributed by atoms with Gasteiger partial charge in [-0.05, 0) is 36.4 Å². The van der Waals surface area contributed by atoms with Crippen molar-refractivity contribution in [3.05, 3.63) is 84.3 Å². The molecule has 4 aromatic rings. The molecule has 2 aromatic carbocycles. The maximum atomic E-state index is 13.7. The molecule has 5 nitrogen and oxygen atoms in total. The lowest BCUT2D eigenvalue weighted by atomic mass is 10.1. The number of carbonyl (C=O) groups is 1. The van der Waals surface area contributed by atoms with Crippen LogP contribution in [-0.4, -0.2) is 47.0 Å². The predicted molar refractivity (Wildman–Crippen MR) is 126 cm³/mol. The van der Waals surface area contributed by atoms with Crippen LogP contribution < -0.4 is 4.90 Å². The highest BCUT2D eigenvalue weighted by molar-refractivity contribution is 7.99. The van der Waals surface area contributed by atoms with Gasteiger partial charge < -0.3 is 14.8 Å². The van der Waals surface area contributed by atoms with Crippen LogP contribution >= 0.6 is 11.8 Å². The fourth-order valence-electron chi connectivity index (χ4n) is 4.08. The van der Waals surface area contributed by atoms with Gasteiger partial charge in [-0.3, -0.25) is 4.79 Å². The standard InChI is InChI=1S/C25H23FN4OS/c26-18-6-5-7-19(16-18)32-25-21(20-8-1-2-9-22(20)28-25)17-24(31)30-14-12-29(13-15-30)23-10-3-4-11-27-23/h1-11,16,28H,12-15,17H2. The number of para-hydroxylation sites is 1. The number of aromatic amines is 1. The summed E-state index contributed by atoms with van der Waals surface area (Å²) in [6.07, 6.45) is 2.10. The molecule has 0 unspecified atom stereocenters. The smallest absolute Gasteiger partial charge is 0.227 e. The average molecular weight is 447 g/mol. The van der Waals surface area contributed by atoms with E-state index >= 15 is 0 Å². The lowest BCUT2D eigenvalue weighted by molar-refractivity contribution is -0.130. The highest BCUT2D eigenvalue weighted by atomic mass is 32.2. The van der Waals surface area contributed by atoms with Gasteiger partial charge in [0.15, 0.2) is 0 Å².